The normalized spacial score (nSPS) is 53.9. The number of hydrogen-bond donors (Lipinski definition) is 0. The van der Waals surface area contributed by atoms with Gasteiger partial charge in [0, 0.05) is 46.2 Å². The molecule has 0 aromatic carbocycles. The molecule has 30 heavy (non-hydrogen) atoms. The number of carbonyl (C=O) groups excluding carboxylic acids is 3. The van der Waals surface area contributed by atoms with Crippen molar-refractivity contribution in [2.75, 3.05) is 28.4 Å². The Morgan fingerprint density at radius 3 is 1.70 bits per heavy atom. The van der Waals surface area contributed by atoms with Gasteiger partial charge in [0.2, 0.25) is 27.3 Å². The van der Waals surface area contributed by atoms with E-state index in [1.807, 2.05) is 0 Å². The van der Waals surface area contributed by atoms with E-state index in [1.54, 1.807) is 0 Å². The molecule has 5 rings (SSSR count). The van der Waals surface area contributed by atoms with Gasteiger partial charge in [-0.05, 0) is 12.3 Å². The zero-order valence-electron chi connectivity index (χ0n) is 16.3. The molecule has 0 aromatic rings. The van der Waals surface area contributed by atoms with Crippen molar-refractivity contribution in [2.24, 2.45) is 23.7 Å². The highest BCUT2D eigenvalue weighted by Gasteiger charge is 2.99. The fourth-order valence-corrected chi connectivity index (χ4v) is 9.86. The summed E-state index contributed by atoms with van der Waals surface area (Å²) in [5.41, 5.74) is 0. The first-order valence-electron chi connectivity index (χ1n) is 9.20. The molecule has 8 nitrogen and oxygen atoms in total. The molecule has 1 aliphatic heterocycles. The van der Waals surface area contributed by atoms with E-state index >= 15 is 0 Å². The molecule has 4 bridgehead atoms. The van der Waals surface area contributed by atoms with Gasteiger partial charge in [0.25, 0.3) is 5.79 Å². The van der Waals surface area contributed by atoms with Crippen LogP contribution in [0.3, 0.4) is 0 Å². The number of hydrogen-bond acceptors (Lipinski definition) is 8. The van der Waals surface area contributed by atoms with Crippen LogP contribution in [0.1, 0.15) is 6.42 Å². The molecule has 12 heteroatoms. The Balaban J connectivity index is 1.79. The SMILES string of the molecule is COC1(OC)[C@@]2(Cl)OC(=O)[C@]1(Cl)[C@@H]1[C@@H]3[C@H](C[C@@H]12)[C@]1(Cl)C(=O)C(=O)[C@@]3(Cl)C1(OC)OC. The number of esters is 1. The highest BCUT2D eigenvalue weighted by molar-refractivity contribution is 6.66. The maximum atomic E-state index is 13.2. The Bertz CT molecular complexity index is 905. The third-order valence-corrected chi connectivity index (χ3v) is 10.7. The lowest BCUT2D eigenvalue weighted by molar-refractivity contribution is -0.249. The zero-order chi connectivity index (χ0) is 22.3. The number of Topliss-reactive ketones (excluding diaryl/α,β-unsaturated/α-hetero) is 2. The van der Waals surface area contributed by atoms with Gasteiger partial charge in [-0.25, -0.2) is 4.79 Å². The van der Waals surface area contributed by atoms with E-state index in [1.165, 1.54) is 28.4 Å². The maximum Gasteiger partial charge on any atom is 0.335 e. The van der Waals surface area contributed by atoms with Crippen molar-refractivity contribution in [2.45, 2.75) is 37.7 Å². The third kappa shape index (κ3) is 1.52. The van der Waals surface area contributed by atoms with E-state index in [0.717, 1.165) is 0 Å². The fraction of sp³-hybridized carbons (Fsp3) is 0.833. The van der Waals surface area contributed by atoms with Crippen LogP contribution >= 0.6 is 46.4 Å². The van der Waals surface area contributed by atoms with Gasteiger partial charge in [-0.15, -0.1) is 34.8 Å². The Labute approximate surface area is 191 Å². The van der Waals surface area contributed by atoms with Gasteiger partial charge < -0.3 is 23.7 Å². The number of alkyl halides is 4. The lowest BCUT2D eigenvalue weighted by Crippen LogP contribution is -2.62. The summed E-state index contributed by atoms with van der Waals surface area (Å²) in [7, 11) is 5.10. The molecule has 1 heterocycles. The van der Waals surface area contributed by atoms with Crippen LogP contribution in [0.25, 0.3) is 0 Å². The number of rotatable bonds is 4. The van der Waals surface area contributed by atoms with Gasteiger partial charge in [-0.2, -0.15) is 0 Å². The smallest absolute Gasteiger partial charge is 0.335 e. The first kappa shape index (κ1) is 21.6. The fourth-order valence-electron chi connectivity index (χ4n) is 7.26. The maximum absolute atomic E-state index is 13.2. The number of methoxy groups -OCH3 is 4. The summed E-state index contributed by atoms with van der Waals surface area (Å²) < 4.78 is 27.7. The molecule has 166 valence electrons. The highest BCUT2D eigenvalue weighted by atomic mass is 35.5. The predicted octanol–water partition coefficient (Wildman–Crippen LogP) is 1.44. The van der Waals surface area contributed by atoms with Crippen LogP contribution < -0.4 is 0 Å². The number of halogens is 4. The second kappa shape index (κ2) is 5.65. The second-order valence-electron chi connectivity index (χ2n) is 8.38. The van der Waals surface area contributed by atoms with Crippen molar-refractivity contribution < 1.29 is 38.1 Å². The topological polar surface area (TPSA) is 97.4 Å². The van der Waals surface area contributed by atoms with E-state index in [0.29, 0.717) is 0 Å². The van der Waals surface area contributed by atoms with Crippen LogP contribution in [0.4, 0.5) is 0 Å². The summed E-state index contributed by atoms with van der Waals surface area (Å²) in [4.78, 5) is 33.2. The van der Waals surface area contributed by atoms with Gasteiger partial charge >= 0.3 is 5.97 Å². The summed E-state index contributed by atoms with van der Waals surface area (Å²) in [5.74, 6) is -9.70. The van der Waals surface area contributed by atoms with Crippen molar-refractivity contribution >= 4 is 63.9 Å². The van der Waals surface area contributed by atoms with Crippen LogP contribution in [0.5, 0.6) is 0 Å². The molecular formula is C18H18Cl4O8. The molecule has 0 N–H and O–H groups in total. The van der Waals surface area contributed by atoms with Crippen LogP contribution in [0.2, 0.25) is 0 Å². The van der Waals surface area contributed by atoms with Gasteiger partial charge in [-0.1, -0.05) is 11.6 Å². The van der Waals surface area contributed by atoms with Gasteiger partial charge in [0.15, 0.2) is 9.75 Å². The summed E-state index contributed by atoms with van der Waals surface area (Å²) in [6.45, 7) is 0. The molecule has 1 saturated heterocycles. The van der Waals surface area contributed by atoms with E-state index < -0.39 is 72.5 Å². The molecule has 4 saturated carbocycles. The van der Waals surface area contributed by atoms with Gasteiger partial charge in [-0.3, -0.25) is 9.59 Å². The standard InChI is InChI=1S/C18H18Cl4O8/c1-26-17(27-2)13(19)6-5-7-9(8(6)14(17,20)11(24)10(13)23)15(21)12(25)30-16(7,22)18(15,28-3)29-4/h6-9H,5H2,1-4H3/t6-,7-,8-,9-,13-,14+,15+,16-/m0/s1. The third-order valence-electron chi connectivity index (χ3n) is 8.11. The zero-order valence-corrected chi connectivity index (χ0v) is 19.3. The molecule has 8 atom stereocenters. The highest BCUT2D eigenvalue weighted by Crippen LogP contribution is 2.81. The molecule has 4 aliphatic carbocycles. The number of ketones is 2. The summed E-state index contributed by atoms with van der Waals surface area (Å²) in [5, 5.41) is -1.81. The first-order valence-corrected chi connectivity index (χ1v) is 10.7. The monoisotopic (exact) mass is 502 g/mol. The average molecular weight is 504 g/mol. The Morgan fingerprint density at radius 2 is 1.20 bits per heavy atom. The lowest BCUT2D eigenvalue weighted by Gasteiger charge is -2.42. The summed E-state index contributed by atoms with van der Waals surface area (Å²) in [6.07, 6.45) is 0.153. The van der Waals surface area contributed by atoms with Crippen molar-refractivity contribution in [3.63, 3.8) is 0 Å². The van der Waals surface area contributed by atoms with Crippen LogP contribution in [-0.2, 0) is 38.1 Å². The molecule has 5 fully saturated rings. The molecule has 0 unspecified atom stereocenters. The first-order chi connectivity index (χ1) is 13.9. The van der Waals surface area contributed by atoms with E-state index in [4.69, 9.17) is 70.1 Å². The molecule has 5 aliphatic rings. The lowest BCUT2D eigenvalue weighted by atomic mass is 9.71. The van der Waals surface area contributed by atoms with Crippen molar-refractivity contribution in [3.8, 4) is 0 Å². The Morgan fingerprint density at radius 1 is 0.733 bits per heavy atom. The van der Waals surface area contributed by atoms with Crippen molar-refractivity contribution in [3.05, 3.63) is 0 Å². The van der Waals surface area contributed by atoms with Crippen LogP contribution in [0, 0.1) is 23.7 Å². The molecule has 0 radical (unpaired) electrons. The predicted molar refractivity (Wildman–Crippen MR) is 103 cm³/mol. The minimum atomic E-state index is -2.04. The van der Waals surface area contributed by atoms with Crippen molar-refractivity contribution in [1.82, 2.24) is 0 Å². The Hall–Kier alpha value is -0.190. The molecule has 0 amide bonds. The number of fused-ring (bicyclic) bond motifs is 11. The van der Waals surface area contributed by atoms with E-state index in [9.17, 15) is 14.4 Å². The minimum absolute atomic E-state index is 0.153. The molecular weight excluding hydrogens is 486 g/mol. The Kier molecular flexibility index (Phi) is 4.07. The second-order valence-corrected chi connectivity index (χ2v) is 10.7. The van der Waals surface area contributed by atoms with E-state index in [-0.39, 0.29) is 6.42 Å². The summed E-state index contributed by atoms with van der Waals surface area (Å²) in [6, 6.07) is 0. The molecule has 0 spiro atoms. The van der Waals surface area contributed by atoms with Crippen LogP contribution in [0.15, 0.2) is 0 Å². The van der Waals surface area contributed by atoms with Gasteiger partial charge in [0.05, 0.1) is 0 Å². The quantitative estimate of drug-likeness (QED) is 0.246. The van der Waals surface area contributed by atoms with Crippen molar-refractivity contribution in [1.29, 1.82) is 0 Å². The molecule has 0 aromatic heterocycles. The largest absolute Gasteiger partial charge is 0.435 e. The number of ether oxygens (including phenoxy) is 5. The average Bonchev–Trinajstić information content (AvgIpc) is 3.34. The summed E-state index contributed by atoms with van der Waals surface area (Å²) >= 11 is 27.6. The van der Waals surface area contributed by atoms with E-state index in [2.05, 4.69) is 0 Å². The van der Waals surface area contributed by atoms with Gasteiger partial charge in [0.1, 0.15) is 0 Å². The number of carbonyl (C=O) groups is 3. The minimum Gasteiger partial charge on any atom is -0.435 e. The van der Waals surface area contributed by atoms with Crippen LogP contribution in [-0.4, -0.2) is 77.2 Å².